The molecule has 0 spiro atoms. The first kappa shape index (κ1) is 15.6. The lowest BCUT2D eigenvalue weighted by molar-refractivity contribution is 0.0954. The molecule has 3 heteroatoms. The van der Waals surface area contributed by atoms with Crippen LogP contribution >= 0.6 is 0 Å². The summed E-state index contributed by atoms with van der Waals surface area (Å²) in [6, 6.07) is 12.2. The summed E-state index contributed by atoms with van der Waals surface area (Å²) in [5.74, 6) is 0.883. The summed E-state index contributed by atoms with van der Waals surface area (Å²) < 4.78 is 5.38. The molecule has 23 heavy (non-hydrogen) atoms. The van der Waals surface area contributed by atoms with E-state index in [1.54, 1.807) is 7.11 Å². The Morgan fingerprint density at radius 2 is 1.96 bits per heavy atom. The molecule has 0 fully saturated rings. The van der Waals surface area contributed by atoms with E-state index in [-0.39, 0.29) is 5.91 Å². The molecular formula is C20H23NO2. The topological polar surface area (TPSA) is 38.3 Å². The van der Waals surface area contributed by atoms with E-state index in [9.17, 15) is 4.79 Å². The van der Waals surface area contributed by atoms with Gasteiger partial charge in [-0.1, -0.05) is 23.8 Å². The third-order valence-electron chi connectivity index (χ3n) is 4.48. The highest BCUT2D eigenvalue weighted by Crippen LogP contribution is 2.23. The van der Waals surface area contributed by atoms with E-state index in [0.717, 1.165) is 36.1 Å². The maximum atomic E-state index is 12.3. The molecule has 3 nitrogen and oxygen atoms in total. The Morgan fingerprint density at radius 1 is 1.13 bits per heavy atom. The number of rotatable bonds is 5. The molecule has 0 heterocycles. The van der Waals surface area contributed by atoms with E-state index in [1.807, 2.05) is 24.3 Å². The molecular weight excluding hydrogens is 286 g/mol. The molecule has 0 atom stereocenters. The van der Waals surface area contributed by atoms with Crippen LogP contribution in [0.15, 0.2) is 36.4 Å². The van der Waals surface area contributed by atoms with Crippen LogP contribution in [0.25, 0.3) is 0 Å². The first-order chi connectivity index (χ1) is 11.2. The molecule has 1 aliphatic carbocycles. The Hall–Kier alpha value is -2.29. The van der Waals surface area contributed by atoms with Crippen LogP contribution in [-0.4, -0.2) is 19.6 Å². The average molecular weight is 309 g/mol. The fraction of sp³-hybridized carbons (Fsp3) is 0.350. The van der Waals surface area contributed by atoms with Crippen molar-refractivity contribution in [1.82, 2.24) is 5.32 Å². The van der Waals surface area contributed by atoms with Gasteiger partial charge >= 0.3 is 0 Å². The summed E-state index contributed by atoms with van der Waals surface area (Å²) in [6.45, 7) is 2.67. The highest BCUT2D eigenvalue weighted by molar-refractivity contribution is 5.94. The molecule has 120 valence electrons. The fourth-order valence-electron chi connectivity index (χ4n) is 3.23. The predicted molar refractivity (Wildman–Crippen MR) is 92.2 cm³/mol. The molecule has 2 aromatic carbocycles. The van der Waals surface area contributed by atoms with Crippen LogP contribution in [0.5, 0.6) is 5.75 Å². The summed E-state index contributed by atoms with van der Waals surface area (Å²) in [6.07, 6.45) is 4.20. The summed E-state index contributed by atoms with van der Waals surface area (Å²) in [4.78, 5) is 12.3. The van der Waals surface area contributed by atoms with Gasteiger partial charge in [0, 0.05) is 12.1 Å². The number of fused-ring (bicyclic) bond motifs is 1. The molecule has 0 unspecified atom stereocenters. The SMILES string of the molecule is COc1ccc(C)cc1CCNC(=O)c1ccc2c(c1)CCC2. The lowest BCUT2D eigenvalue weighted by atomic mass is 10.1. The zero-order valence-corrected chi connectivity index (χ0v) is 13.8. The number of nitrogens with one attached hydrogen (secondary N) is 1. The Kier molecular flexibility index (Phi) is 4.65. The van der Waals surface area contributed by atoms with Crippen LogP contribution < -0.4 is 10.1 Å². The smallest absolute Gasteiger partial charge is 0.251 e. The molecule has 0 radical (unpaired) electrons. The van der Waals surface area contributed by atoms with Crippen molar-refractivity contribution < 1.29 is 9.53 Å². The first-order valence-electron chi connectivity index (χ1n) is 8.21. The van der Waals surface area contributed by atoms with Gasteiger partial charge in [0.1, 0.15) is 5.75 Å². The number of ether oxygens (including phenoxy) is 1. The molecule has 3 rings (SSSR count). The van der Waals surface area contributed by atoms with Crippen molar-refractivity contribution in [3.05, 3.63) is 64.2 Å². The minimum absolute atomic E-state index is 0.00585. The summed E-state index contributed by atoms with van der Waals surface area (Å²) in [5.41, 5.74) is 5.82. The molecule has 0 saturated carbocycles. The normalized spacial score (nSPS) is 12.8. The van der Waals surface area contributed by atoms with Crippen molar-refractivity contribution in [1.29, 1.82) is 0 Å². The second kappa shape index (κ2) is 6.86. The van der Waals surface area contributed by atoms with Gasteiger partial charge in [0.25, 0.3) is 5.91 Å². The van der Waals surface area contributed by atoms with E-state index in [0.29, 0.717) is 6.54 Å². The Labute approximate surface area is 137 Å². The second-order valence-electron chi connectivity index (χ2n) is 6.16. The van der Waals surface area contributed by atoms with Gasteiger partial charge in [-0.3, -0.25) is 4.79 Å². The number of carbonyl (C=O) groups excluding carboxylic acids is 1. The van der Waals surface area contributed by atoms with Crippen LogP contribution in [0, 0.1) is 6.92 Å². The van der Waals surface area contributed by atoms with E-state index in [1.165, 1.54) is 23.1 Å². The third kappa shape index (κ3) is 3.55. The van der Waals surface area contributed by atoms with Gasteiger partial charge in [-0.25, -0.2) is 0 Å². The van der Waals surface area contributed by atoms with Crippen molar-refractivity contribution in [2.45, 2.75) is 32.6 Å². The number of hydrogen-bond donors (Lipinski definition) is 1. The predicted octanol–water partition coefficient (Wildman–Crippen LogP) is 3.46. The average Bonchev–Trinajstić information content (AvgIpc) is 3.02. The lowest BCUT2D eigenvalue weighted by Crippen LogP contribution is -2.25. The van der Waals surface area contributed by atoms with Crippen molar-refractivity contribution in [2.75, 3.05) is 13.7 Å². The zero-order chi connectivity index (χ0) is 16.2. The minimum atomic E-state index is 0.00585. The quantitative estimate of drug-likeness (QED) is 0.918. The molecule has 0 aliphatic heterocycles. The fourth-order valence-corrected chi connectivity index (χ4v) is 3.23. The van der Waals surface area contributed by atoms with Crippen molar-refractivity contribution in [3.8, 4) is 5.75 Å². The highest BCUT2D eigenvalue weighted by Gasteiger charge is 2.13. The van der Waals surface area contributed by atoms with Crippen LogP contribution in [0.3, 0.4) is 0 Å². The maximum absolute atomic E-state index is 12.3. The minimum Gasteiger partial charge on any atom is -0.496 e. The molecule has 2 aromatic rings. The van der Waals surface area contributed by atoms with Crippen molar-refractivity contribution in [2.24, 2.45) is 0 Å². The zero-order valence-electron chi connectivity index (χ0n) is 13.8. The van der Waals surface area contributed by atoms with Crippen LogP contribution in [0.1, 0.15) is 39.0 Å². The number of hydrogen-bond acceptors (Lipinski definition) is 2. The van der Waals surface area contributed by atoms with E-state index in [2.05, 4.69) is 24.4 Å². The monoisotopic (exact) mass is 309 g/mol. The highest BCUT2D eigenvalue weighted by atomic mass is 16.5. The van der Waals surface area contributed by atoms with Gasteiger partial charge in [-0.2, -0.15) is 0 Å². The maximum Gasteiger partial charge on any atom is 0.251 e. The molecule has 1 amide bonds. The molecule has 0 bridgehead atoms. The van der Waals surface area contributed by atoms with Gasteiger partial charge in [0.05, 0.1) is 7.11 Å². The Bertz CT molecular complexity index is 722. The number of amides is 1. The molecule has 1 N–H and O–H groups in total. The van der Waals surface area contributed by atoms with Crippen molar-refractivity contribution in [3.63, 3.8) is 0 Å². The summed E-state index contributed by atoms with van der Waals surface area (Å²) >= 11 is 0. The van der Waals surface area contributed by atoms with E-state index in [4.69, 9.17) is 4.74 Å². The standard InChI is InChI=1S/C20H23NO2/c1-14-6-9-19(23-2)17(12-14)10-11-21-20(22)18-8-7-15-4-3-5-16(15)13-18/h6-9,12-13H,3-5,10-11H2,1-2H3,(H,21,22). The molecule has 1 aliphatic rings. The van der Waals surface area contributed by atoms with Gasteiger partial charge in [-0.15, -0.1) is 0 Å². The second-order valence-corrected chi connectivity index (χ2v) is 6.16. The van der Waals surface area contributed by atoms with Crippen LogP contribution in [0.2, 0.25) is 0 Å². The van der Waals surface area contributed by atoms with Gasteiger partial charge < -0.3 is 10.1 Å². The van der Waals surface area contributed by atoms with E-state index >= 15 is 0 Å². The summed E-state index contributed by atoms with van der Waals surface area (Å²) in [5, 5.41) is 3.01. The number of benzene rings is 2. The first-order valence-corrected chi connectivity index (χ1v) is 8.21. The van der Waals surface area contributed by atoms with Crippen LogP contribution in [0.4, 0.5) is 0 Å². The largest absolute Gasteiger partial charge is 0.496 e. The van der Waals surface area contributed by atoms with Gasteiger partial charge in [-0.05, 0) is 67.5 Å². The number of carbonyl (C=O) groups is 1. The summed E-state index contributed by atoms with van der Waals surface area (Å²) in [7, 11) is 1.68. The van der Waals surface area contributed by atoms with E-state index < -0.39 is 0 Å². The lowest BCUT2D eigenvalue weighted by Gasteiger charge is -2.11. The number of aryl methyl sites for hydroxylation is 3. The Morgan fingerprint density at radius 3 is 2.78 bits per heavy atom. The Balaban J connectivity index is 1.60. The molecule has 0 saturated heterocycles. The van der Waals surface area contributed by atoms with Gasteiger partial charge in [0.15, 0.2) is 0 Å². The van der Waals surface area contributed by atoms with Gasteiger partial charge in [0.2, 0.25) is 0 Å². The number of methoxy groups -OCH3 is 1. The third-order valence-corrected chi connectivity index (χ3v) is 4.48. The van der Waals surface area contributed by atoms with Crippen LogP contribution in [-0.2, 0) is 19.3 Å². The molecule has 0 aromatic heterocycles. The van der Waals surface area contributed by atoms with Crippen molar-refractivity contribution >= 4 is 5.91 Å².